The Morgan fingerprint density at radius 1 is 1.06 bits per heavy atom. The first-order chi connectivity index (χ1) is 16.0. The number of pyridine rings is 1. The molecule has 0 radical (unpaired) electrons. The molecule has 1 amide bonds. The van der Waals surface area contributed by atoms with E-state index in [1.807, 2.05) is 18.2 Å². The van der Waals surface area contributed by atoms with Gasteiger partial charge in [-0.2, -0.15) is 5.10 Å². The molecule has 1 fully saturated rings. The molecule has 0 spiro atoms. The molecule has 1 aliphatic rings. The number of esters is 1. The Balaban J connectivity index is 1.56. The minimum atomic E-state index is -0.978. The molecule has 9 heteroatoms. The third-order valence-electron chi connectivity index (χ3n) is 6.19. The molecule has 0 saturated heterocycles. The van der Waals surface area contributed by atoms with Crippen LogP contribution in [0.1, 0.15) is 48.0 Å². The van der Waals surface area contributed by atoms with E-state index >= 15 is 0 Å². The van der Waals surface area contributed by atoms with Gasteiger partial charge in [-0.3, -0.25) is 4.79 Å². The van der Waals surface area contributed by atoms with E-state index < -0.39 is 11.5 Å². The lowest BCUT2D eigenvalue weighted by atomic mass is 9.81. The molecule has 2 aromatic heterocycles. The monoisotopic (exact) mass is 452 g/mol. The molecule has 174 valence electrons. The van der Waals surface area contributed by atoms with Crippen molar-refractivity contribution in [3.05, 3.63) is 47.8 Å². The fourth-order valence-electron chi connectivity index (χ4n) is 4.38. The van der Waals surface area contributed by atoms with Gasteiger partial charge in [-0.1, -0.05) is 19.3 Å². The van der Waals surface area contributed by atoms with Crippen molar-refractivity contribution in [2.24, 2.45) is 0 Å². The Kier molecular flexibility index (Phi) is 6.48. The van der Waals surface area contributed by atoms with Gasteiger partial charge in [0, 0.05) is 23.2 Å². The van der Waals surface area contributed by atoms with Crippen LogP contribution in [0.3, 0.4) is 0 Å². The molecule has 1 aromatic carbocycles. The summed E-state index contributed by atoms with van der Waals surface area (Å²) in [4.78, 5) is 29.9. The molecule has 0 unspecified atom stereocenters. The maximum atomic E-state index is 13.0. The van der Waals surface area contributed by atoms with Crippen LogP contribution in [0.4, 0.5) is 0 Å². The molecule has 4 rings (SSSR count). The Labute approximate surface area is 192 Å². The molecule has 33 heavy (non-hydrogen) atoms. The molecule has 1 N–H and O–H groups in total. The number of amides is 1. The highest BCUT2D eigenvalue weighted by molar-refractivity contribution is 6.00. The van der Waals surface area contributed by atoms with E-state index in [9.17, 15) is 9.59 Å². The number of benzene rings is 1. The highest BCUT2D eigenvalue weighted by Gasteiger charge is 2.42. The second kappa shape index (κ2) is 9.48. The number of aromatic nitrogens is 3. The van der Waals surface area contributed by atoms with Crippen LogP contribution in [0.2, 0.25) is 0 Å². The van der Waals surface area contributed by atoms with Crippen molar-refractivity contribution in [2.75, 3.05) is 21.3 Å². The third kappa shape index (κ3) is 4.48. The maximum absolute atomic E-state index is 13.0. The first kappa shape index (κ1) is 22.6. The Morgan fingerprint density at radius 3 is 2.55 bits per heavy atom. The van der Waals surface area contributed by atoms with Gasteiger partial charge in [0.2, 0.25) is 0 Å². The molecular weight excluding hydrogens is 424 g/mol. The smallest absolute Gasteiger partial charge is 0.331 e. The predicted octanol–water partition coefficient (Wildman–Crippen LogP) is 3.10. The molecule has 0 atom stereocenters. The first-order valence-electron chi connectivity index (χ1n) is 10.9. The summed E-state index contributed by atoms with van der Waals surface area (Å²) < 4.78 is 17.5. The molecular formula is C24H28N4O5. The summed E-state index contributed by atoms with van der Waals surface area (Å²) in [6.07, 6.45) is 7.11. The quantitative estimate of drug-likeness (QED) is 0.549. The van der Waals surface area contributed by atoms with Crippen LogP contribution in [0, 0.1) is 0 Å². The van der Waals surface area contributed by atoms with Gasteiger partial charge in [-0.25, -0.2) is 14.5 Å². The molecule has 0 aliphatic heterocycles. The molecule has 2 heterocycles. The number of nitrogens with zero attached hydrogens (tertiary/aromatic N) is 3. The van der Waals surface area contributed by atoms with Crippen LogP contribution in [-0.4, -0.2) is 53.5 Å². The number of hydrogen-bond acceptors (Lipinski definition) is 7. The molecule has 0 bridgehead atoms. The zero-order valence-electron chi connectivity index (χ0n) is 19.1. The second-order valence-electron chi connectivity index (χ2n) is 8.21. The molecule has 3 aromatic rings. The summed E-state index contributed by atoms with van der Waals surface area (Å²) in [7, 11) is 4.56. The van der Waals surface area contributed by atoms with E-state index in [1.54, 1.807) is 31.2 Å². The van der Waals surface area contributed by atoms with Crippen molar-refractivity contribution in [1.82, 2.24) is 20.1 Å². The number of nitrogens with one attached hydrogen (secondary N) is 1. The van der Waals surface area contributed by atoms with Crippen molar-refractivity contribution in [3.8, 4) is 11.5 Å². The number of carbonyl (C=O) groups is 2. The van der Waals surface area contributed by atoms with Gasteiger partial charge in [0.25, 0.3) is 5.91 Å². The number of rotatable bonds is 7. The van der Waals surface area contributed by atoms with Crippen LogP contribution in [0.5, 0.6) is 11.5 Å². The topological polar surface area (TPSA) is 105 Å². The van der Waals surface area contributed by atoms with Crippen molar-refractivity contribution < 1.29 is 23.8 Å². The average molecular weight is 453 g/mol. The van der Waals surface area contributed by atoms with E-state index in [-0.39, 0.29) is 5.91 Å². The van der Waals surface area contributed by atoms with Crippen molar-refractivity contribution in [1.29, 1.82) is 0 Å². The SMILES string of the molecule is COC(=O)C1(NC(=O)c2cnc3c(cnn3Cc3ccc(OC)cc3OC)c2)CCCCC1. The zero-order valence-corrected chi connectivity index (χ0v) is 19.1. The minimum Gasteiger partial charge on any atom is -0.497 e. The fourth-order valence-corrected chi connectivity index (χ4v) is 4.38. The summed E-state index contributed by atoms with van der Waals surface area (Å²) in [5, 5.41) is 8.10. The normalized spacial score (nSPS) is 15.1. The van der Waals surface area contributed by atoms with Crippen LogP contribution < -0.4 is 14.8 Å². The standard InChI is InChI=1S/C24H28N4O5/c1-31-19-8-7-16(20(12-19)32-2)15-28-21-17(14-26-28)11-18(13-25-21)22(29)27-24(23(30)33-3)9-5-4-6-10-24/h7-8,11-14H,4-6,9-10,15H2,1-3H3,(H,27,29). The summed E-state index contributed by atoms with van der Waals surface area (Å²) in [5.41, 5.74) is 0.959. The summed E-state index contributed by atoms with van der Waals surface area (Å²) >= 11 is 0. The lowest BCUT2D eigenvalue weighted by Crippen LogP contribution is -2.56. The largest absolute Gasteiger partial charge is 0.497 e. The molecule has 1 aliphatic carbocycles. The summed E-state index contributed by atoms with van der Waals surface area (Å²) in [6.45, 7) is 0.445. The van der Waals surface area contributed by atoms with E-state index in [1.165, 1.54) is 13.3 Å². The van der Waals surface area contributed by atoms with Crippen molar-refractivity contribution in [3.63, 3.8) is 0 Å². The Bertz CT molecular complexity index is 1170. The highest BCUT2D eigenvalue weighted by atomic mass is 16.5. The molecule has 9 nitrogen and oxygen atoms in total. The van der Waals surface area contributed by atoms with E-state index in [0.717, 1.165) is 30.2 Å². The van der Waals surface area contributed by atoms with Crippen LogP contribution in [-0.2, 0) is 16.1 Å². The first-order valence-corrected chi connectivity index (χ1v) is 10.9. The lowest BCUT2D eigenvalue weighted by molar-refractivity contribution is -0.149. The van der Waals surface area contributed by atoms with E-state index in [4.69, 9.17) is 14.2 Å². The summed E-state index contributed by atoms with van der Waals surface area (Å²) in [6, 6.07) is 7.34. The minimum absolute atomic E-state index is 0.346. The highest BCUT2D eigenvalue weighted by Crippen LogP contribution is 2.30. The fraction of sp³-hybridized carbons (Fsp3) is 0.417. The Morgan fingerprint density at radius 2 is 1.85 bits per heavy atom. The van der Waals surface area contributed by atoms with Crippen molar-refractivity contribution in [2.45, 2.75) is 44.2 Å². The van der Waals surface area contributed by atoms with E-state index in [2.05, 4.69) is 15.4 Å². The van der Waals surface area contributed by atoms with E-state index in [0.29, 0.717) is 42.1 Å². The van der Waals surface area contributed by atoms with Crippen LogP contribution in [0.25, 0.3) is 11.0 Å². The molecule has 1 saturated carbocycles. The van der Waals surface area contributed by atoms with Gasteiger partial charge in [0.05, 0.1) is 39.6 Å². The van der Waals surface area contributed by atoms with Crippen molar-refractivity contribution >= 4 is 22.9 Å². The van der Waals surface area contributed by atoms with Gasteiger partial charge < -0.3 is 19.5 Å². The van der Waals surface area contributed by atoms with Gasteiger partial charge in [-0.15, -0.1) is 0 Å². The third-order valence-corrected chi connectivity index (χ3v) is 6.19. The number of carbonyl (C=O) groups excluding carboxylic acids is 2. The predicted molar refractivity (Wildman–Crippen MR) is 121 cm³/mol. The average Bonchev–Trinajstić information content (AvgIpc) is 3.26. The number of methoxy groups -OCH3 is 3. The van der Waals surface area contributed by atoms with Crippen LogP contribution >= 0.6 is 0 Å². The lowest BCUT2D eigenvalue weighted by Gasteiger charge is -2.35. The van der Waals surface area contributed by atoms with Gasteiger partial charge in [0.1, 0.15) is 17.0 Å². The van der Waals surface area contributed by atoms with Gasteiger partial charge >= 0.3 is 5.97 Å². The number of fused-ring (bicyclic) bond motifs is 1. The summed E-state index contributed by atoms with van der Waals surface area (Å²) in [5.74, 6) is 0.652. The Hall–Kier alpha value is -3.62. The number of hydrogen-bond donors (Lipinski definition) is 1. The van der Waals surface area contributed by atoms with Gasteiger partial charge in [-0.05, 0) is 31.0 Å². The van der Waals surface area contributed by atoms with Crippen LogP contribution in [0.15, 0.2) is 36.7 Å². The zero-order chi connectivity index (χ0) is 23.4. The maximum Gasteiger partial charge on any atom is 0.331 e. The second-order valence-corrected chi connectivity index (χ2v) is 8.21. The number of ether oxygens (including phenoxy) is 3. The van der Waals surface area contributed by atoms with Gasteiger partial charge in [0.15, 0.2) is 5.65 Å².